The van der Waals surface area contributed by atoms with Crippen molar-refractivity contribution >= 4 is 51.3 Å². The van der Waals surface area contributed by atoms with Gasteiger partial charge in [-0.2, -0.15) is 0 Å². The number of rotatable bonds is 4. The molecule has 8 heteroatoms. The van der Waals surface area contributed by atoms with Gasteiger partial charge >= 0.3 is 0 Å². The molecule has 0 saturated carbocycles. The van der Waals surface area contributed by atoms with Gasteiger partial charge in [-0.15, -0.1) is 11.3 Å². The van der Waals surface area contributed by atoms with E-state index in [1.807, 2.05) is 0 Å². The monoisotopic (exact) mass is 324 g/mol. The lowest BCUT2D eigenvalue weighted by molar-refractivity contribution is -0.116. The van der Waals surface area contributed by atoms with Crippen LogP contribution in [0.1, 0.15) is 12.6 Å². The summed E-state index contributed by atoms with van der Waals surface area (Å²) in [5, 5.41) is 7.82. The Morgan fingerprint density at radius 1 is 1.38 bits per heavy atom. The van der Waals surface area contributed by atoms with Gasteiger partial charge in [0, 0.05) is 18.0 Å². The van der Waals surface area contributed by atoms with Gasteiger partial charge in [-0.1, -0.05) is 11.6 Å². The zero-order valence-electron chi connectivity index (χ0n) is 11.1. The number of carbonyl (C=O) groups excluding carboxylic acids is 2. The fourth-order valence-electron chi connectivity index (χ4n) is 1.66. The molecule has 1 aromatic carbocycles. The number of nitrogens with zero attached hydrogens (tertiary/aromatic N) is 1. The third-order valence-electron chi connectivity index (χ3n) is 2.47. The van der Waals surface area contributed by atoms with Crippen molar-refractivity contribution in [3.63, 3.8) is 0 Å². The molecule has 0 atom stereocenters. The summed E-state index contributed by atoms with van der Waals surface area (Å²) in [5.41, 5.74) is 7.17. The van der Waals surface area contributed by atoms with Gasteiger partial charge in [-0.3, -0.25) is 9.59 Å². The van der Waals surface area contributed by atoms with Gasteiger partial charge in [-0.25, -0.2) is 4.98 Å². The molecule has 110 valence electrons. The second-order valence-electron chi connectivity index (χ2n) is 4.28. The molecule has 0 spiro atoms. The zero-order chi connectivity index (χ0) is 15.4. The number of carbonyl (C=O) groups is 2. The average molecular weight is 325 g/mol. The van der Waals surface area contributed by atoms with Crippen molar-refractivity contribution in [1.82, 2.24) is 4.98 Å². The van der Waals surface area contributed by atoms with Gasteiger partial charge in [0.1, 0.15) is 0 Å². The lowest BCUT2D eigenvalue weighted by Crippen LogP contribution is -2.15. The molecular formula is C13H13ClN4O2S. The number of halogens is 1. The van der Waals surface area contributed by atoms with Gasteiger partial charge in [0.25, 0.3) is 0 Å². The maximum Gasteiger partial charge on any atom is 0.230 e. The van der Waals surface area contributed by atoms with Crippen LogP contribution in [0.25, 0.3) is 0 Å². The van der Waals surface area contributed by atoms with E-state index in [4.69, 9.17) is 17.3 Å². The van der Waals surface area contributed by atoms with E-state index >= 15 is 0 Å². The number of aromatic nitrogens is 1. The summed E-state index contributed by atoms with van der Waals surface area (Å²) in [6.45, 7) is 1.39. The van der Waals surface area contributed by atoms with E-state index in [0.29, 0.717) is 27.2 Å². The predicted molar refractivity (Wildman–Crippen MR) is 84.6 cm³/mol. The Kier molecular flexibility index (Phi) is 4.77. The third kappa shape index (κ3) is 4.44. The highest BCUT2D eigenvalue weighted by atomic mass is 35.5. The number of amides is 2. The number of nitrogen functional groups attached to an aromatic ring is 1. The molecule has 4 N–H and O–H groups in total. The molecule has 0 saturated heterocycles. The van der Waals surface area contributed by atoms with Crippen molar-refractivity contribution in [2.45, 2.75) is 13.3 Å². The van der Waals surface area contributed by atoms with Crippen molar-refractivity contribution in [3.8, 4) is 0 Å². The van der Waals surface area contributed by atoms with Crippen LogP contribution in [0.3, 0.4) is 0 Å². The van der Waals surface area contributed by atoms with E-state index < -0.39 is 0 Å². The van der Waals surface area contributed by atoms with Gasteiger partial charge in [0.2, 0.25) is 11.8 Å². The summed E-state index contributed by atoms with van der Waals surface area (Å²) in [5.74, 6) is -0.432. The van der Waals surface area contributed by atoms with Crippen LogP contribution in [0, 0.1) is 0 Å². The number of benzene rings is 1. The minimum absolute atomic E-state index is 0.138. The fourth-order valence-corrected chi connectivity index (χ4v) is 2.45. The Hall–Kier alpha value is -2.12. The van der Waals surface area contributed by atoms with Gasteiger partial charge in [0.05, 0.1) is 22.8 Å². The molecule has 6 nitrogen and oxygen atoms in total. The van der Waals surface area contributed by atoms with Crippen LogP contribution >= 0.6 is 22.9 Å². The minimum atomic E-state index is -0.219. The van der Waals surface area contributed by atoms with Gasteiger partial charge in [-0.05, 0) is 18.2 Å². The maximum atomic E-state index is 11.9. The van der Waals surface area contributed by atoms with E-state index in [0.717, 1.165) is 0 Å². The van der Waals surface area contributed by atoms with Crippen LogP contribution in [0.15, 0.2) is 23.6 Å². The van der Waals surface area contributed by atoms with Crippen molar-refractivity contribution < 1.29 is 9.59 Å². The fraction of sp³-hybridized carbons (Fsp3) is 0.154. The molecule has 2 amide bonds. The minimum Gasteiger partial charge on any atom is -0.375 e. The molecule has 0 bridgehead atoms. The molecule has 2 rings (SSSR count). The standard InChI is InChI=1S/C13H13ClN4O2S/c1-7(19)16-11-3-2-8(4-10(11)14)17-12(20)5-9-6-21-13(15)18-9/h2-4,6H,5H2,1H3,(H2,15,18)(H,16,19)(H,17,20). The quantitative estimate of drug-likeness (QED) is 0.805. The normalized spacial score (nSPS) is 10.2. The highest BCUT2D eigenvalue weighted by Crippen LogP contribution is 2.25. The van der Waals surface area contributed by atoms with Crippen LogP contribution < -0.4 is 16.4 Å². The van der Waals surface area contributed by atoms with E-state index in [1.54, 1.807) is 23.6 Å². The number of hydrogen-bond donors (Lipinski definition) is 3. The number of hydrogen-bond acceptors (Lipinski definition) is 5. The Bertz CT molecular complexity index is 687. The molecule has 1 aromatic heterocycles. The Morgan fingerprint density at radius 3 is 2.71 bits per heavy atom. The zero-order valence-corrected chi connectivity index (χ0v) is 12.7. The first kappa shape index (κ1) is 15.3. The summed E-state index contributed by atoms with van der Waals surface area (Å²) in [6, 6.07) is 4.85. The summed E-state index contributed by atoms with van der Waals surface area (Å²) in [6.07, 6.45) is 0.138. The van der Waals surface area contributed by atoms with Crippen LogP contribution in [-0.4, -0.2) is 16.8 Å². The van der Waals surface area contributed by atoms with E-state index in [1.165, 1.54) is 18.3 Å². The summed E-state index contributed by atoms with van der Waals surface area (Å²) in [7, 11) is 0. The molecule has 0 radical (unpaired) electrons. The van der Waals surface area contributed by atoms with E-state index in [2.05, 4.69) is 15.6 Å². The van der Waals surface area contributed by atoms with Crippen molar-refractivity contribution in [1.29, 1.82) is 0 Å². The van der Waals surface area contributed by atoms with E-state index in [9.17, 15) is 9.59 Å². The molecular weight excluding hydrogens is 312 g/mol. The Balaban J connectivity index is 2.01. The van der Waals surface area contributed by atoms with Crippen LogP contribution in [-0.2, 0) is 16.0 Å². The molecule has 0 unspecified atom stereocenters. The van der Waals surface area contributed by atoms with Gasteiger partial charge < -0.3 is 16.4 Å². The Labute approximate surface area is 130 Å². The van der Waals surface area contributed by atoms with Gasteiger partial charge in [0.15, 0.2) is 5.13 Å². The van der Waals surface area contributed by atoms with E-state index in [-0.39, 0.29) is 18.2 Å². The van der Waals surface area contributed by atoms with Crippen LogP contribution in [0.2, 0.25) is 5.02 Å². The summed E-state index contributed by atoms with van der Waals surface area (Å²) < 4.78 is 0. The van der Waals surface area contributed by atoms with Crippen molar-refractivity contribution in [2.24, 2.45) is 0 Å². The number of nitrogens with one attached hydrogen (secondary N) is 2. The summed E-state index contributed by atoms with van der Waals surface area (Å²) in [4.78, 5) is 26.9. The van der Waals surface area contributed by atoms with Crippen LogP contribution in [0.4, 0.5) is 16.5 Å². The number of anilines is 3. The smallest absolute Gasteiger partial charge is 0.230 e. The lowest BCUT2D eigenvalue weighted by atomic mass is 10.2. The average Bonchev–Trinajstić information content (AvgIpc) is 2.77. The third-order valence-corrected chi connectivity index (χ3v) is 3.51. The molecule has 0 aliphatic heterocycles. The van der Waals surface area contributed by atoms with Crippen molar-refractivity contribution in [3.05, 3.63) is 34.3 Å². The predicted octanol–water partition coefficient (Wildman–Crippen LogP) is 2.52. The highest BCUT2D eigenvalue weighted by molar-refractivity contribution is 7.13. The first-order valence-electron chi connectivity index (χ1n) is 6.01. The maximum absolute atomic E-state index is 11.9. The topological polar surface area (TPSA) is 97.1 Å². The second kappa shape index (κ2) is 6.55. The second-order valence-corrected chi connectivity index (χ2v) is 5.57. The Morgan fingerprint density at radius 2 is 2.14 bits per heavy atom. The number of nitrogens with two attached hydrogens (primary N) is 1. The molecule has 1 heterocycles. The molecule has 0 aliphatic carbocycles. The van der Waals surface area contributed by atoms with Crippen molar-refractivity contribution in [2.75, 3.05) is 16.4 Å². The SMILES string of the molecule is CC(=O)Nc1ccc(NC(=O)Cc2csc(N)n2)cc1Cl. The summed E-state index contributed by atoms with van der Waals surface area (Å²) >= 11 is 7.32. The molecule has 0 fully saturated rings. The first-order chi connectivity index (χ1) is 9.94. The number of thiazole rings is 1. The van der Waals surface area contributed by atoms with Crippen LogP contribution in [0.5, 0.6) is 0 Å². The highest BCUT2D eigenvalue weighted by Gasteiger charge is 2.09. The molecule has 21 heavy (non-hydrogen) atoms. The first-order valence-corrected chi connectivity index (χ1v) is 7.26. The lowest BCUT2D eigenvalue weighted by Gasteiger charge is -2.08. The molecule has 2 aromatic rings. The molecule has 0 aliphatic rings. The largest absolute Gasteiger partial charge is 0.375 e.